The van der Waals surface area contributed by atoms with Crippen molar-refractivity contribution in [2.45, 2.75) is 13.0 Å². The molecule has 0 aliphatic rings. The van der Waals surface area contributed by atoms with E-state index in [1.165, 1.54) is 18.1 Å². The molecule has 2 rings (SSSR count). The van der Waals surface area contributed by atoms with Gasteiger partial charge in [0.1, 0.15) is 6.33 Å². The zero-order chi connectivity index (χ0) is 13.1. The van der Waals surface area contributed by atoms with Gasteiger partial charge in [0.2, 0.25) is 0 Å². The van der Waals surface area contributed by atoms with Gasteiger partial charge in [0.05, 0.1) is 13.2 Å². The number of pyridine rings is 1. The molecule has 0 fully saturated rings. The molecule has 2 aromatic heterocycles. The number of methoxy groups -OCH3 is 1. The second kappa shape index (κ2) is 4.92. The highest BCUT2D eigenvalue weighted by Gasteiger charge is 2.13. The van der Waals surface area contributed by atoms with E-state index in [1.54, 1.807) is 25.3 Å². The summed E-state index contributed by atoms with van der Waals surface area (Å²) < 4.78 is 5.86. The SMILES string of the molecule is COC(=O)c1ncn(-c2cc([C@H](C)O)ccn2)n1. The Bertz CT molecular complexity index is 565. The van der Waals surface area contributed by atoms with E-state index in [0.717, 1.165) is 0 Å². The van der Waals surface area contributed by atoms with Crippen LogP contribution in [0, 0.1) is 0 Å². The van der Waals surface area contributed by atoms with Crippen molar-refractivity contribution in [3.63, 3.8) is 0 Å². The average molecular weight is 248 g/mol. The fourth-order valence-electron chi connectivity index (χ4n) is 1.38. The van der Waals surface area contributed by atoms with Gasteiger partial charge >= 0.3 is 5.97 Å². The minimum Gasteiger partial charge on any atom is -0.463 e. The smallest absolute Gasteiger partial charge is 0.377 e. The van der Waals surface area contributed by atoms with Crippen molar-refractivity contribution >= 4 is 5.97 Å². The lowest BCUT2D eigenvalue weighted by Gasteiger charge is -2.05. The number of rotatable bonds is 3. The fraction of sp³-hybridized carbons (Fsp3) is 0.273. The standard InChI is InChI=1S/C11H12N4O3/c1-7(16)8-3-4-12-9(5-8)15-6-13-10(14-15)11(17)18-2/h3-7,16H,1-2H3/t7-/m0/s1. The Balaban J connectivity index is 2.34. The molecule has 94 valence electrons. The molecular weight excluding hydrogens is 236 g/mol. The highest BCUT2D eigenvalue weighted by Crippen LogP contribution is 2.13. The van der Waals surface area contributed by atoms with Crippen molar-refractivity contribution in [1.29, 1.82) is 0 Å². The lowest BCUT2D eigenvalue weighted by atomic mass is 10.2. The number of esters is 1. The molecule has 0 saturated carbocycles. The Morgan fingerprint density at radius 2 is 2.28 bits per heavy atom. The maximum absolute atomic E-state index is 11.2. The van der Waals surface area contributed by atoms with Gasteiger partial charge in [-0.2, -0.15) is 0 Å². The number of carbonyl (C=O) groups is 1. The van der Waals surface area contributed by atoms with Crippen LogP contribution in [0.5, 0.6) is 0 Å². The monoisotopic (exact) mass is 248 g/mol. The minimum atomic E-state index is -0.611. The number of hydrogen-bond donors (Lipinski definition) is 1. The second-order valence-corrected chi connectivity index (χ2v) is 3.63. The minimum absolute atomic E-state index is 0.0400. The van der Waals surface area contributed by atoms with Crippen LogP contribution in [0.25, 0.3) is 5.82 Å². The zero-order valence-electron chi connectivity index (χ0n) is 9.94. The molecule has 0 saturated heterocycles. The van der Waals surface area contributed by atoms with Crippen molar-refractivity contribution in [1.82, 2.24) is 19.7 Å². The second-order valence-electron chi connectivity index (χ2n) is 3.63. The summed E-state index contributed by atoms with van der Waals surface area (Å²) in [6, 6.07) is 3.37. The Morgan fingerprint density at radius 1 is 1.50 bits per heavy atom. The third-order valence-electron chi connectivity index (χ3n) is 2.35. The Hall–Kier alpha value is -2.28. The van der Waals surface area contributed by atoms with E-state index in [2.05, 4.69) is 19.8 Å². The van der Waals surface area contributed by atoms with Crippen molar-refractivity contribution in [3.8, 4) is 5.82 Å². The van der Waals surface area contributed by atoms with Crippen LogP contribution in [0.15, 0.2) is 24.7 Å². The lowest BCUT2D eigenvalue weighted by molar-refractivity contribution is 0.0587. The van der Waals surface area contributed by atoms with Gasteiger partial charge in [0, 0.05) is 6.20 Å². The summed E-state index contributed by atoms with van der Waals surface area (Å²) in [5, 5.41) is 13.4. The number of nitrogens with zero attached hydrogens (tertiary/aromatic N) is 4. The van der Waals surface area contributed by atoms with Gasteiger partial charge in [-0.05, 0) is 24.6 Å². The predicted octanol–water partition coefficient (Wildman–Crippen LogP) is 0.502. The van der Waals surface area contributed by atoms with E-state index >= 15 is 0 Å². The summed E-state index contributed by atoms with van der Waals surface area (Å²) in [5.41, 5.74) is 0.704. The first kappa shape index (κ1) is 12.2. The number of ether oxygens (including phenoxy) is 1. The molecule has 1 atom stereocenters. The topological polar surface area (TPSA) is 90.1 Å². The number of hydrogen-bond acceptors (Lipinski definition) is 6. The van der Waals surface area contributed by atoms with Crippen LogP contribution in [-0.4, -0.2) is 37.9 Å². The van der Waals surface area contributed by atoms with Gasteiger partial charge in [-0.1, -0.05) is 0 Å². The van der Waals surface area contributed by atoms with Gasteiger partial charge < -0.3 is 9.84 Å². The van der Waals surface area contributed by atoms with E-state index < -0.39 is 12.1 Å². The quantitative estimate of drug-likeness (QED) is 0.795. The van der Waals surface area contributed by atoms with Gasteiger partial charge in [0.15, 0.2) is 5.82 Å². The highest BCUT2D eigenvalue weighted by molar-refractivity contribution is 5.84. The average Bonchev–Trinajstić information content (AvgIpc) is 2.87. The maximum Gasteiger partial charge on any atom is 0.377 e. The Kier molecular flexibility index (Phi) is 3.33. The lowest BCUT2D eigenvalue weighted by Crippen LogP contribution is -2.06. The number of carbonyl (C=O) groups excluding carboxylic acids is 1. The fourth-order valence-corrected chi connectivity index (χ4v) is 1.38. The molecular formula is C11H12N4O3. The molecule has 18 heavy (non-hydrogen) atoms. The summed E-state index contributed by atoms with van der Waals surface area (Å²) in [7, 11) is 1.26. The van der Waals surface area contributed by atoms with Crippen LogP contribution in [0.2, 0.25) is 0 Å². The van der Waals surface area contributed by atoms with E-state index in [1.807, 2.05) is 0 Å². The molecule has 0 radical (unpaired) electrons. The van der Waals surface area contributed by atoms with E-state index in [0.29, 0.717) is 11.4 Å². The summed E-state index contributed by atoms with van der Waals surface area (Å²) in [4.78, 5) is 19.1. The molecule has 7 heteroatoms. The first-order valence-corrected chi connectivity index (χ1v) is 5.26. The van der Waals surface area contributed by atoms with E-state index in [-0.39, 0.29) is 5.82 Å². The maximum atomic E-state index is 11.2. The number of aromatic nitrogens is 4. The van der Waals surface area contributed by atoms with Crippen LogP contribution < -0.4 is 0 Å². The normalized spacial score (nSPS) is 12.2. The van der Waals surface area contributed by atoms with E-state index in [9.17, 15) is 9.90 Å². The van der Waals surface area contributed by atoms with Gasteiger partial charge in [-0.15, -0.1) is 5.10 Å². The van der Waals surface area contributed by atoms with Crippen LogP contribution in [-0.2, 0) is 4.74 Å². The molecule has 0 aliphatic carbocycles. The Labute approximate surface area is 103 Å². The molecule has 0 unspecified atom stereocenters. The first-order valence-electron chi connectivity index (χ1n) is 5.26. The first-order chi connectivity index (χ1) is 8.61. The third kappa shape index (κ3) is 2.35. The van der Waals surface area contributed by atoms with Crippen molar-refractivity contribution in [2.24, 2.45) is 0 Å². The molecule has 2 aromatic rings. The van der Waals surface area contributed by atoms with Crippen LogP contribution in [0.1, 0.15) is 29.2 Å². The van der Waals surface area contributed by atoms with Crippen LogP contribution >= 0.6 is 0 Å². The van der Waals surface area contributed by atoms with Gasteiger partial charge in [-0.25, -0.2) is 19.4 Å². The summed E-state index contributed by atoms with van der Waals surface area (Å²) in [6.45, 7) is 1.65. The zero-order valence-corrected chi connectivity index (χ0v) is 9.94. The van der Waals surface area contributed by atoms with Crippen molar-refractivity contribution in [3.05, 3.63) is 36.0 Å². The Morgan fingerprint density at radius 3 is 2.94 bits per heavy atom. The molecule has 0 amide bonds. The number of aliphatic hydroxyl groups is 1. The largest absolute Gasteiger partial charge is 0.463 e. The summed E-state index contributed by atoms with van der Waals surface area (Å²) >= 11 is 0. The highest BCUT2D eigenvalue weighted by atomic mass is 16.5. The molecule has 0 aromatic carbocycles. The van der Waals surface area contributed by atoms with Gasteiger partial charge in [-0.3, -0.25) is 0 Å². The summed E-state index contributed by atoms with van der Waals surface area (Å²) in [5.74, 6) is -0.182. The van der Waals surface area contributed by atoms with Crippen molar-refractivity contribution in [2.75, 3.05) is 7.11 Å². The molecule has 0 spiro atoms. The van der Waals surface area contributed by atoms with Crippen molar-refractivity contribution < 1.29 is 14.6 Å². The van der Waals surface area contributed by atoms with Gasteiger partial charge in [0.25, 0.3) is 5.82 Å². The molecule has 2 heterocycles. The van der Waals surface area contributed by atoms with E-state index in [4.69, 9.17) is 0 Å². The van der Waals surface area contributed by atoms with Crippen LogP contribution in [0.4, 0.5) is 0 Å². The predicted molar refractivity (Wildman–Crippen MR) is 61.1 cm³/mol. The summed E-state index contributed by atoms with van der Waals surface area (Å²) in [6.07, 6.45) is 2.31. The molecule has 1 N–H and O–H groups in total. The van der Waals surface area contributed by atoms with Crippen LogP contribution in [0.3, 0.4) is 0 Å². The number of aliphatic hydroxyl groups excluding tert-OH is 1. The third-order valence-corrected chi connectivity index (χ3v) is 2.35. The molecule has 7 nitrogen and oxygen atoms in total. The molecule has 0 aliphatic heterocycles. The molecule has 0 bridgehead atoms.